The van der Waals surface area contributed by atoms with Crippen LogP contribution in [0.3, 0.4) is 0 Å². The van der Waals surface area contributed by atoms with Crippen LogP contribution < -0.4 is 5.73 Å². The van der Waals surface area contributed by atoms with Gasteiger partial charge in [-0.3, -0.25) is 0 Å². The van der Waals surface area contributed by atoms with E-state index in [1.165, 1.54) is 0 Å². The number of hydrogen-bond donors (Lipinski definition) is 1. The van der Waals surface area contributed by atoms with Crippen molar-refractivity contribution in [1.82, 2.24) is 9.55 Å². The third-order valence-corrected chi connectivity index (χ3v) is 2.66. The Labute approximate surface area is 89.9 Å². The summed E-state index contributed by atoms with van der Waals surface area (Å²) >= 11 is 0. The minimum atomic E-state index is 0.423. The van der Waals surface area contributed by atoms with E-state index < -0.39 is 0 Å². The Balaban J connectivity index is 2.80. The number of nitrogens with zero attached hydrogens (tertiary/aromatic N) is 2. The number of benzene rings is 1. The topological polar surface area (TPSA) is 43.8 Å². The van der Waals surface area contributed by atoms with Crippen LogP contribution in [0.2, 0.25) is 0 Å². The predicted octanol–water partition coefficient (Wildman–Crippen LogP) is 2.76. The van der Waals surface area contributed by atoms with Crippen LogP contribution in [0.25, 0.3) is 11.0 Å². The van der Waals surface area contributed by atoms with Crippen LogP contribution >= 0.6 is 0 Å². The molecule has 3 heteroatoms. The van der Waals surface area contributed by atoms with Gasteiger partial charge in [-0.05, 0) is 26.0 Å². The number of imidazole rings is 1. The molecule has 2 aromatic rings. The molecule has 0 fully saturated rings. The zero-order valence-electron chi connectivity index (χ0n) is 9.49. The lowest BCUT2D eigenvalue weighted by Gasteiger charge is -2.11. The first kappa shape index (κ1) is 10.0. The summed E-state index contributed by atoms with van der Waals surface area (Å²) in [6.45, 7) is 6.46. The molecule has 3 nitrogen and oxygen atoms in total. The fraction of sp³-hybridized carbons (Fsp3) is 0.417. The smallest absolute Gasteiger partial charge is 0.112 e. The third-order valence-electron chi connectivity index (χ3n) is 2.66. The molecule has 0 spiro atoms. The van der Waals surface area contributed by atoms with Gasteiger partial charge in [-0.1, -0.05) is 13.0 Å². The van der Waals surface area contributed by atoms with Gasteiger partial charge in [0.05, 0.1) is 11.2 Å². The maximum Gasteiger partial charge on any atom is 0.112 e. The van der Waals surface area contributed by atoms with Gasteiger partial charge in [-0.15, -0.1) is 0 Å². The summed E-state index contributed by atoms with van der Waals surface area (Å²) in [6, 6.07) is 6.39. The van der Waals surface area contributed by atoms with Gasteiger partial charge in [0, 0.05) is 12.5 Å². The SMILES string of the molecule is CCc1nc2c(N)cccc2n1C(C)C. The molecule has 0 unspecified atom stereocenters. The van der Waals surface area contributed by atoms with Crippen LogP contribution in [0.5, 0.6) is 0 Å². The van der Waals surface area contributed by atoms with E-state index in [4.69, 9.17) is 5.73 Å². The number of fused-ring (bicyclic) bond motifs is 1. The van der Waals surface area contributed by atoms with Gasteiger partial charge in [0.1, 0.15) is 11.3 Å². The number of aryl methyl sites for hydroxylation is 1. The highest BCUT2D eigenvalue weighted by atomic mass is 15.1. The summed E-state index contributed by atoms with van der Waals surface area (Å²) in [4.78, 5) is 4.59. The second-order valence-electron chi connectivity index (χ2n) is 4.06. The number of nitrogen functional groups attached to an aromatic ring is 1. The molecule has 15 heavy (non-hydrogen) atoms. The number of aromatic nitrogens is 2. The van der Waals surface area contributed by atoms with Crippen molar-refractivity contribution >= 4 is 16.7 Å². The molecule has 1 aromatic carbocycles. The first-order chi connectivity index (χ1) is 7.15. The van der Waals surface area contributed by atoms with Crippen LogP contribution in [-0.4, -0.2) is 9.55 Å². The van der Waals surface area contributed by atoms with Crippen molar-refractivity contribution in [3.05, 3.63) is 24.0 Å². The van der Waals surface area contributed by atoms with Gasteiger partial charge in [-0.25, -0.2) is 4.98 Å². The van der Waals surface area contributed by atoms with E-state index in [-0.39, 0.29) is 0 Å². The van der Waals surface area contributed by atoms with Crippen LogP contribution in [-0.2, 0) is 6.42 Å². The summed E-state index contributed by atoms with van der Waals surface area (Å²) in [6.07, 6.45) is 0.937. The molecule has 2 N–H and O–H groups in total. The van der Waals surface area contributed by atoms with Gasteiger partial charge >= 0.3 is 0 Å². The molecular formula is C12H17N3. The predicted molar refractivity (Wildman–Crippen MR) is 63.9 cm³/mol. The van der Waals surface area contributed by atoms with Crippen molar-refractivity contribution in [1.29, 1.82) is 0 Å². The Kier molecular flexibility index (Phi) is 2.39. The van der Waals surface area contributed by atoms with Crippen molar-refractivity contribution in [2.75, 3.05) is 5.73 Å². The van der Waals surface area contributed by atoms with Crippen LogP contribution in [0.1, 0.15) is 32.6 Å². The van der Waals surface area contributed by atoms with Crippen molar-refractivity contribution in [3.8, 4) is 0 Å². The summed E-state index contributed by atoms with van der Waals surface area (Å²) in [5.74, 6) is 1.11. The monoisotopic (exact) mass is 203 g/mol. The van der Waals surface area contributed by atoms with E-state index in [1.54, 1.807) is 0 Å². The minimum absolute atomic E-state index is 0.423. The highest BCUT2D eigenvalue weighted by Gasteiger charge is 2.12. The Bertz CT molecular complexity index is 483. The van der Waals surface area contributed by atoms with E-state index in [1.807, 2.05) is 12.1 Å². The van der Waals surface area contributed by atoms with Gasteiger partial charge in [0.15, 0.2) is 0 Å². The summed E-state index contributed by atoms with van der Waals surface area (Å²) in [7, 11) is 0. The van der Waals surface area contributed by atoms with Gasteiger partial charge in [-0.2, -0.15) is 0 Å². The summed E-state index contributed by atoms with van der Waals surface area (Å²) in [5.41, 5.74) is 8.76. The largest absolute Gasteiger partial charge is 0.397 e. The minimum Gasteiger partial charge on any atom is -0.397 e. The normalized spacial score (nSPS) is 11.5. The van der Waals surface area contributed by atoms with E-state index in [9.17, 15) is 0 Å². The first-order valence-electron chi connectivity index (χ1n) is 5.40. The van der Waals surface area contributed by atoms with Crippen LogP contribution in [0, 0.1) is 0 Å². The molecule has 1 aromatic heterocycles. The Hall–Kier alpha value is -1.51. The molecular weight excluding hydrogens is 186 g/mol. The summed E-state index contributed by atoms with van der Waals surface area (Å²) < 4.78 is 2.26. The van der Waals surface area contributed by atoms with Crippen molar-refractivity contribution in [2.45, 2.75) is 33.2 Å². The summed E-state index contributed by atoms with van der Waals surface area (Å²) in [5, 5.41) is 0. The number of para-hydroxylation sites is 1. The van der Waals surface area contributed by atoms with E-state index in [0.717, 1.165) is 29.0 Å². The Morgan fingerprint density at radius 3 is 2.73 bits per heavy atom. The second kappa shape index (κ2) is 3.57. The van der Waals surface area contributed by atoms with Gasteiger partial charge < -0.3 is 10.3 Å². The molecule has 0 radical (unpaired) electrons. The lowest BCUT2D eigenvalue weighted by Crippen LogP contribution is -2.05. The van der Waals surface area contributed by atoms with E-state index in [2.05, 4.69) is 36.4 Å². The third kappa shape index (κ3) is 1.48. The number of hydrogen-bond acceptors (Lipinski definition) is 2. The van der Waals surface area contributed by atoms with Crippen molar-refractivity contribution in [3.63, 3.8) is 0 Å². The van der Waals surface area contributed by atoms with Gasteiger partial charge in [0.25, 0.3) is 0 Å². The molecule has 0 bridgehead atoms. The van der Waals surface area contributed by atoms with Crippen LogP contribution in [0.15, 0.2) is 18.2 Å². The Morgan fingerprint density at radius 2 is 2.13 bits per heavy atom. The maximum absolute atomic E-state index is 5.92. The quantitative estimate of drug-likeness (QED) is 0.763. The average molecular weight is 203 g/mol. The molecule has 0 saturated carbocycles. The Morgan fingerprint density at radius 1 is 1.40 bits per heavy atom. The van der Waals surface area contributed by atoms with Crippen LogP contribution in [0.4, 0.5) is 5.69 Å². The highest BCUT2D eigenvalue weighted by Crippen LogP contribution is 2.25. The molecule has 0 saturated heterocycles. The number of anilines is 1. The molecule has 0 amide bonds. The van der Waals surface area contributed by atoms with Crippen molar-refractivity contribution < 1.29 is 0 Å². The lowest BCUT2D eigenvalue weighted by molar-refractivity contribution is 0.588. The maximum atomic E-state index is 5.92. The molecule has 2 rings (SSSR count). The zero-order valence-corrected chi connectivity index (χ0v) is 9.49. The molecule has 0 aliphatic carbocycles. The number of rotatable bonds is 2. The van der Waals surface area contributed by atoms with Crippen molar-refractivity contribution in [2.24, 2.45) is 0 Å². The molecule has 1 heterocycles. The van der Waals surface area contributed by atoms with E-state index in [0.29, 0.717) is 6.04 Å². The number of nitrogens with two attached hydrogens (primary N) is 1. The molecule has 80 valence electrons. The lowest BCUT2D eigenvalue weighted by atomic mass is 10.2. The molecule has 0 aliphatic rings. The fourth-order valence-electron chi connectivity index (χ4n) is 2.01. The first-order valence-corrected chi connectivity index (χ1v) is 5.40. The zero-order chi connectivity index (χ0) is 11.0. The standard InChI is InChI=1S/C12H17N3/c1-4-11-14-12-9(13)6-5-7-10(12)15(11)8(2)3/h5-8H,4,13H2,1-3H3. The van der Waals surface area contributed by atoms with E-state index >= 15 is 0 Å². The fourth-order valence-corrected chi connectivity index (χ4v) is 2.01. The second-order valence-corrected chi connectivity index (χ2v) is 4.06. The average Bonchev–Trinajstić information content (AvgIpc) is 2.57. The highest BCUT2D eigenvalue weighted by molar-refractivity contribution is 5.87. The molecule has 0 aliphatic heterocycles. The molecule has 0 atom stereocenters. The van der Waals surface area contributed by atoms with Gasteiger partial charge in [0.2, 0.25) is 0 Å².